The number of aromatic nitrogens is 2. The van der Waals surface area contributed by atoms with Crippen LogP contribution < -0.4 is 0 Å². The minimum Gasteiger partial charge on any atom is -0.457 e. The monoisotopic (exact) mass is 272 g/mol. The maximum Gasteiger partial charge on any atom is 0.179 e. The molecule has 0 unspecified atom stereocenters. The van der Waals surface area contributed by atoms with Crippen LogP contribution >= 0.6 is 27.7 Å². The lowest BCUT2D eigenvalue weighted by atomic mass is 10.1. The van der Waals surface area contributed by atoms with Crippen molar-refractivity contribution in [3.8, 4) is 0 Å². The number of carbonyl (C=O) groups is 1. The van der Waals surface area contributed by atoms with Gasteiger partial charge in [0.05, 0.1) is 41.9 Å². The molecule has 0 aliphatic heterocycles. The van der Waals surface area contributed by atoms with Crippen LogP contribution in [0.3, 0.4) is 0 Å². The van der Waals surface area contributed by atoms with Crippen molar-refractivity contribution in [1.29, 1.82) is 0 Å². The zero-order valence-electron chi connectivity index (χ0n) is 6.94. The number of hydrogen-bond acceptors (Lipinski definition) is 5. The van der Waals surface area contributed by atoms with Gasteiger partial charge in [0.15, 0.2) is 10.5 Å². The Hall–Kier alpha value is -1.01. The highest BCUT2D eigenvalue weighted by Gasteiger charge is 2.14. The molecule has 0 spiro atoms. The molecular weight excluding hydrogens is 268 g/mol. The Morgan fingerprint density at radius 1 is 1.64 bits per heavy atom. The molecule has 0 amide bonds. The number of hydrogen-bond donors (Lipinski definition) is 0. The van der Waals surface area contributed by atoms with Crippen molar-refractivity contribution in [2.24, 2.45) is 0 Å². The van der Waals surface area contributed by atoms with Gasteiger partial charge in [0.25, 0.3) is 0 Å². The van der Waals surface area contributed by atoms with Gasteiger partial charge in [-0.05, 0) is 22.0 Å². The van der Waals surface area contributed by atoms with Crippen molar-refractivity contribution in [3.63, 3.8) is 0 Å². The third-order valence-electron chi connectivity index (χ3n) is 1.67. The first kappa shape index (κ1) is 9.54. The van der Waals surface area contributed by atoms with Crippen LogP contribution in [0.25, 0.3) is 0 Å². The van der Waals surface area contributed by atoms with Crippen molar-refractivity contribution in [2.75, 3.05) is 0 Å². The summed E-state index contributed by atoms with van der Waals surface area (Å²) in [4.78, 5) is 11.6. The number of carbonyl (C=O) groups excluding carboxylic acids is 1. The molecule has 0 aliphatic carbocycles. The molecule has 0 N–H and O–H groups in total. The van der Waals surface area contributed by atoms with Gasteiger partial charge < -0.3 is 4.42 Å². The van der Waals surface area contributed by atoms with Crippen molar-refractivity contribution in [2.45, 2.75) is 6.42 Å². The van der Waals surface area contributed by atoms with Gasteiger partial charge in [0.1, 0.15) is 0 Å². The predicted molar refractivity (Wildman–Crippen MR) is 54.4 cm³/mol. The molecule has 2 heterocycles. The van der Waals surface area contributed by atoms with E-state index in [9.17, 15) is 4.79 Å². The molecule has 0 radical (unpaired) electrons. The molecule has 0 fully saturated rings. The average Bonchev–Trinajstić information content (AvgIpc) is 2.75. The molecule has 0 saturated heterocycles. The first-order chi connectivity index (χ1) is 6.77. The van der Waals surface area contributed by atoms with Crippen molar-refractivity contribution in [3.05, 3.63) is 34.5 Å². The standard InChI is InChI=1S/C8H5BrN2O2S/c9-8-6(1-2-13-8)7(12)3-5-4-10-14-11-5/h1-2,4H,3H2. The van der Waals surface area contributed by atoms with E-state index in [-0.39, 0.29) is 12.2 Å². The molecule has 2 aromatic rings. The largest absolute Gasteiger partial charge is 0.457 e. The zero-order chi connectivity index (χ0) is 9.97. The summed E-state index contributed by atoms with van der Waals surface area (Å²) in [5.74, 6) is -0.0293. The SMILES string of the molecule is O=C(Cc1cnsn1)c1ccoc1Br. The number of nitrogens with zero attached hydrogens (tertiary/aromatic N) is 2. The lowest BCUT2D eigenvalue weighted by Crippen LogP contribution is -2.02. The Kier molecular flexibility index (Phi) is 2.74. The topological polar surface area (TPSA) is 56.0 Å². The summed E-state index contributed by atoms with van der Waals surface area (Å²) in [6.45, 7) is 0. The van der Waals surface area contributed by atoms with Gasteiger partial charge in [-0.15, -0.1) is 0 Å². The van der Waals surface area contributed by atoms with Gasteiger partial charge in [-0.3, -0.25) is 4.79 Å². The molecule has 2 aromatic heterocycles. The van der Waals surface area contributed by atoms with Gasteiger partial charge in [-0.1, -0.05) is 0 Å². The fourth-order valence-corrected chi connectivity index (χ4v) is 1.91. The maximum atomic E-state index is 11.6. The molecule has 4 nitrogen and oxygen atoms in total. The quantitative estimate of drug-likeness (QED) is 0.805. The highest BCUT2D eigenvalue weighted by Crippen LogP contribution is 2.19. The maximum absolute atomic E-state index is 11.6. The molecule has 0 saturated carbocycles. The number of Topliss-reactive ketones (excluding diaryl/α,β-unsaturated/α-hetero) is 1. The van der Waals surface area contributed by atoms with Crippen molar-refractivity contribution in [1.82, 2.24) is 8.75 Å². The third-order valence-corrected chi connectivity index (χ3v) is 2.80. The van der Waals surface area contributed by atoms with Crippen LogP contribution in [0.4, 0.5) is 0 Å². The minimum atomic E-state index is -0.0293. The molecule has 0 bridgehead atoms. The van der Waals surface area contributed by atoms with Crippen LogP contribution in [0.2, 0.25) is 0 Å². The highest BCUT2D eigenvalue weighted by molar-refractivity contribution is 9.10. The second-order valence-electron chi connectivity index (χ2n) is 2.61. The Labute approximate surface area is 92.4 Å². The van der Waals surface area contributed by atoms with E-state index in [0.29, 0.717) is 15.9 Å². The van der Waals surface area contributed by atoms with E-state index in [1.165, 1.54) is 6.26 Å². The van der Waals surface area contributed by atoms with Crippen LogP contribution in [0.15, 0.2) is 27.6 Å². The highest BCUT2D eigenvalue weighted by atomic mass is 79.9. The van der Waals surface area contributed by atoms with Crippen molar-refractivity contribution >= 4 is 33.4 Å². The van der Waals surface area contributed by atoms with E-state index in [0.717, 1.165) is 11.7 Å². The summed E-state index contributed by atoms with van der Waals surface area (Å²) >= 11 is 4.25. The molecule has 6 heteroatoms. The van der Waals surface area contributed by atoms with E-state index in [1.54, 1.807) is 12.3 Å². The molecule has 2 rings (SSSR count). The van der Waals surface area contributed by atoms with E-state index in [2.05, 4.69) is 24.7 Å². The molecule has 0 atom stereocenters. The summed E-state index contributed by atoms with van der Waals surface area (Å²) in [7, 11) is 0. The average molecular weight is 273 g/mol. The Balaban J connectivity index is 2.14. The van der Waals surface area contributed by atoms with Crippen LogP contribution in [-0.4, -0.2) is 14.5 Å². The predicted octanol–water partition coefficient (Wildman–Crippen LogP) is 2.32. The van der Waals surface area contributed by atoms with Crippen LogP contribution in [0.5, 0.6) is 0 Å². The second kappa shape index (κ2) is 4.02. The fourth-order valence-electron chi connectivity index (χ4n) is 1.01. The summed E-state index contributed by atoms with van der Waals surface area (Å²) < 4.78 is 13.2. The van der Waals surface area contributed by atoms with E-state index in [4.69, 9.17) is 4.42 Å². The third kappa shape index (κ3) is 1.91. The minimum absolute atomic E-state index is 0.0293. The van der Waals surface area contributed by atoms with Crippen LogP contribution in [-0.2, 0) is 6.42 Å². The Morgan fingerprint density at radius 3 is 3.07 bits per heavy atom. The smallest absolute Gasteiger partial charge is 0.179 e. The van der Waals surface area contributed by atoms with Gasteiger partial charge in [-0.25, -0.2) is 0 Å². The van der Waals surface area contributed by atoms with E-state index < -0.39 is 0 Å². The second-order valence-corrected chi connectivity index (χ2v) is 3.88. The van der Waals surface area contributed by atoms with Gasteiger partial charge in [-0.2, -0.15) is 8.75 Å². The summed E-state index contributed by atoms with van der Waals surface area (Å²) in [5.41, 5.74) is 1.23. The zero-order valence-corrected chi connectivity index (χ0v) is 9.34. The molecule has 0 aromatic carbocycles. The molecule has 72 valence electrons. The molecular formula is C8H5BrN2O2S. The first-order valence-corrected chi connectivity index (χ1v) is 5.32. The van der Waals surface area contributed by atoms with E-state index in [1.807, 2.05) is 0 Å². The van der Waals surface area contributed by atoms with Crippen molar-refractivity contribution < 1.29 is 9.21 Å². The molecule has 14 heavy (non-hydrogen) atoms. The number of furan rings is 1. The first-order valence-electron chi connectivity index (χ1n) is 3.80. The van der Waals surface area contributed by atoms with Gasteiger partial charge in [0, 0.05) is 0 Å². The summed E-state index contributed by atoms with van der Waals surface area (Å²) in [5, 5.41) is 0. The van der Waals surface area contributed by atoms with Gasteiger partial charge >= 0.3 is 0 Å². The number of ketones is 1. The van der Waals surface area contributed by atoms with Crippen LogP contribution in [0, 0.1) is 0 Å². The lowest BCUT2D eigenvalue weighted by Gasteiger charge is -1.93. The molecule has 0 aliphatic rings. The summed E-state index contributed by atoms with van der Waals surface area (Å²) in [6, 6.07) is 1.63. The normalized spacial score (nSPS) is 10.4. The summed E-state index contributed by atoms with van der Waals surface area (Å²) in [6.07, 6.45) is 3.32. The lowest BCUT2D eigenvalue weighted by molar-refractivity contribution is 0.0990. The Morgan fingerprint density at radius 2 is 2.50 bits per heavy atom. The van der Waals surface area contributed by atoms with Gasteiger partial charge in [0.2, 0.25) is 0 Å². The number of halogens is 1. The van der Waals surface area contributed by atoms with Crippen LogP contribution in [0.1, 0.15) is 16.1 Å². The van der Waals surface area contributed by atoms with E-state index >= 15 is 0 Å². The Bertz CT molecular complexity index is 438. The fraction of sp³-hybridized carbons (Fsp3) is 0.125. The number of rotatable bonds is 3.